The van der Waals surface area contributed by atoms with Gasteiger partial charge in [0.2, 0.25) is 11.8 Å². The maximum absolute atomic E-state index is 11.4. The number of nitrogens with zero attached hydrogens (tertiary/aromatic N) is 2. The predicted octanol–water partition coefficient (Wildman–Crippen LogP) is -0.137. The van der Waals surface area contributed by atoms with Crippen molar-refractivity contribution in [3.8, 4) is 0 Å². The van der Waals surface area contributed by atoms with Gasteiger partial charge in [-0.05, 0) is 6.92 Å². The van der Waals surface area contributed by atoms with Gasteiger partial charge in [-0.2, -0.15) is 0 Å². The van der Waals surface area contributed by atoms with E-state index in [9.17, 15) is 9.59 Å². The number of amides is 2. The molecule has 0 spiro atoms. The molecule has 13 heavy (non-hydrogen) atoms. The van der Waals surface area contributed by atoms with Gasteiger partial charge in [0.05, 0.1) is 0 Å². The van der Waals surface area contributed by atoms with E-state index in [1.165, 1.54) is 4.90 Å². The molecule has 4 nitrogen and oxygen atoms in total. The Kier molecular flexibility index (Phi) is 2.70. The standard InChI is InChI=1S/C9H14N2O2/c1-7(2)9(13)11-5-4-10(3)8(12)6-11/h1,4-6H2,2-3H3. The van der Waals surface area contributed by atoms with E-state index in [0.717, 1.165) is 0 Å². The van der Waals surface area contributed by atoms with Crippen LogP contribution in [0.25, 0.3) is 0 Å². The molecule has 1 heterocycles. The maximum Gasteiger partial charge on any atom is 0.249 e. The highest BCUT2D eigenvalue weighted by Gasteiger charge is 2.24. The van der Waals surface area contributed by atoms with Gasteiger partial charge in [-0.3, -0.25) is 9.59 Å². The van der Waals surface area contributed by atoms with E-state index in [1.54, 1.807) is 18.9 Å². The molecule has 1 rings (SSSR count). The average molecular weight is 182 g/mol. The molecular weight excluding hydrogens is 168 g/mol. The van der Waals surface area contributed by atoms with E-state index >= 15 is 0 Å². The summed E-state index contributed by atoms with van der Waals surface area (Å²) in [5.41, 5.74) is 0.484. The van der Waals surface area contributed by atoms with Crippen LogP contribution >= 0.6 is 0 Å². The lowest BCUT2D eigenvalue weighted by Crippen LogP contribution is -2.50. The Hall–Kier alpha value is -1.32. The molecule has 1 aliphatic heterocycles. The Morgan fingerprint density at radius 1 is 1.46 bits per heavy atom. The van der Waals surface area contributed by atoms with Gasteiger partial charge < -0.3 is 9.80 Å². The Bertz CT molecular complexity index is 260. The van der Waals surface area contributed by atoms with Crippen molar-refractivity contribution in [2.24, 2.45) is 0 Å². The third kappa shape index (κ3) is 2.08. The van der Waals surface area contributed by atoms with Gasteiger partial charge in [-0.15, -0.1) is 0 Å². The number of piperazine rings is 1. The normalized spacial score (nSPS) is 17.5. The fraction of sp³-hybridized carbons (Fsp3) is 0.556. The first-order valence-corrected chi connectivity index (χ1v) is 4.21. The van der Waals surface area contributed by atoms with E-state index < -0.39 is 0 Å². The minimum Gasteiger partial charge on any atom is -0.342 e. The molecule has 72 valence electrons. The summed E-state index contributed by atoms with van der Waals surface area (Å²) in [7, 11) is 1.74. The lowest BCUT2D eigenvalue weighted by atomic mass is 10.2. The lowest BCUT2D eigenvalue weighted by molar-refractivity contribution is -0.142. The molecule has 0 aromatic carbocycles. The van der Waals surface area contributed by atoms with Crippen molar-refractivity contribution >= 4 is 11.8 Å². The molecule has 4 heteroatoms. The van der Waals surface area contributed by atoms with Gasteiger partial charge in [0.1, 0.15) is 6.54 Å². The van der Waals surface area contributed by atoms with Gasteiger partial charge in [0.25, 0.3) is 0 Å². The van der Waals surface area contributed by atoms with Crippen LogP contribution in [-0.4, -0.2) is 48.3 Å². The Morgan fingerprint density at radius 3 is 2.54 bits per heavy atom. The van der Waals surface area contributed by atoms with Crippen LogP contribution in [0.4, 0.5) is 0 Å². The highest BCUT2D eigenvalue weighted by atomic mass is 16.2. The number of hydrogen-bond acceptors (Lipinski definition) is 2. The Balaban J connectivity index is 2.60. The van der Waals surface area contributed by atoms with Crippen LogP contribution < -0.4 is 0 Å². The van der Waals surface area contributed by atoms with Gasteiger partial charge in [0, 0.05) is 25.7 Å². The van der Waals surface area contributed by atoms with Crippen LogP contribution in [0, 0.1) is 0 Å². The van der Waals surface area contributed by atoms with Gasteiger partial charge in [-0.25, -0.2) is 0 Å². The van der Waals surface area contributed by atoms with Crippen LogP contribution in [0.1, 0.15) is 6.92 Å². The van der Waals surface area contributed by atoms with E-state index in [4.69, 9.17) is 0 Å². The molecular formula is C9H14N2O2. The van der Waals surface area contributed by atoms with Crippen molar-refractivity contribution in [2.75, 3.05) is 26.7 Å². The van der Waals surface area contributed by atoms with Crippen LogP contribution in [0.15, 0.2) is 12.2 Å². The van der Waals surface area contributed by atoms with E-state index in [-0.39, 0.29) is 18.4 Å². The first-order chi connectivity index (χ1) is 6.02. The summed E-state index contributed by atoms with van der Waals surface area (Å²) >= 11 is 0. The van der Waals surface area contributed by atoms with Gasteiger partial charge >= 0.3 is 0 Å². The summed E-state index contributed by atoms with van der Waals surface area (Å²) in [6, 6.07) is 0. The van der Waals surface area contributed by atoms with E-state index in [1.807, 2.05) is 0 Å². The molecule has 1 aliphatic rings. The van der Waals surface area contributed by atoms with Gasteiger partial charge in [-0.1, -0.05) is 6.58 Å². The van der Waals surface area contributed by atoms with E-state index in [2.05, 4.69) is 6.58 Å². The zero-order chi connectivity index (χ0) is 10.0. The molecule has 1 saturated heterocycles. The fourth-order valence-corrected chi connectivity index (χ4v) is 1.20. The number of hydrogen-bond donors (Lipinski definition) is 0. The number of carbonyl (C=O) groups is 2. The largest absolute Gasteiger partial charge is 0.342 e. The monoisotopic (exact) mass is 182 g/mol. The van der Waals surface area contributed by atoms with Crippen LogP contribution in [-0.2, 0) is 9.59 Å². The smallest absolute Gasteiger partial charge is 0.249 e. The second-order valence-electron chi connectivity index (χ2n) is 3.32. The average Bonchev–Trinajstić information content (AvgIpc) is 2.08. The van der Waals surface area contributed by atoms with Crippen LogP contribution in [0.2, 0.25) is 0 Å². The quantitative estimate of drug-likeness (QED) is 0.530. The summed E-state index contributed by atoms with van der Waals surface area (Å²) in [6.45, 7) is 6.61. The van der Waals surface area contributed by atoms with Crippen LogP contribution in [0.3, 0.4) is 0 Å². The minimum atomic E-state index is -0.124. The molecule has 0 unspecified atom stereocenters. The summed E-state index contributed by atoms with van der Waals surface area (Å²) in [4.78, 5) is 25.8. The van der Waals surface area contributed by atoms with Crippen molar-refractivity contribution in [3.63, 3.8) is 0 Å². The number of carbonyl (C=O) groups excluding carboxylic acids is 2. The summed E-state index contributed by atoms with van der Waals surface area (Å²) < 4.78 is 0. The molecule has 0 aliphatic carbocycles. The van der Waals surface area contributed by atoms with Crippen molar-refractivity contribution in [2.45, 2.75) is 6.92 Å². The predicted molar refractivity (Wildman–Crippen MR) is 49.0 cm³/mol. The first kappa shape index (κ1) is 9.77. The van der Waals surface area contributed by atoms with Crippen molar-refractivity contribution in [3.05, 3.63) is 12.2 Å². The van der Waals surface area contributed by atoms with Crippen molar-refractivity contribution in [1.82, 2.24) is 9.80 Å². The molecule has 1 fully saturated rings. The molecule has 0 radical (unpaired) electrons. The molecule has 0 N–H and O–H groups in total. The van der Waals surface area contributed by atoms with Crippen molar-refractivity contribution in [1.29, 1.82) is 0 Å². The first-order valence-electron chi connectivity index (χ1n) is 4.21. The SMILES string of the molecule is C=C(C)C(=O)N1CCN(C)C(=O)C1. The molecule has 2 amide bonds. The Labute approximate surface area is 77.8 Å². The summed E-state index contributed by atoms with van der Waals surface area (Å²) in [5.74, 6) is -0.137. The van der Waals surface area contributed by atoms with Crippen LogP contribution in [0.5, 0.6) is 0 Å². The lowest BCUT2D eigenvalue weighted by Gasteiger charge is -2.31. The zero-order valence-electron chi connectivity index (χ0n) is 8.04. The Morgan fingerprint density at radius 2 is 2.08 bits per heavy atom. The summed E-state index contributed by atoms with van der Waals surface area (Å²) in [5, 5.41) is 0. The summed E-state index contributed by atoms with van der Waals surface area (Å²) in [6.07, 6.45) is 0. The molecule has 0 saturated carbocycles. The second-order valence-corrected chi connectivity index (χ2v) is 3.32. The molecule has 0 aromatic heterocycles. The molecule has 0 bridgehead atoms. The minimum absolute atomic E-state index is 0.0131. The highest BCUT2D eigenvalue weighted by molar-refractivity contribution is 5.95. The number of rotatable bonds is 1. The third-order valence-electron chi connectivity index (χ3n) is 2.11. The van der Waals surface area contributed by atoms with Gasteiger partial charge in [0.15, 0.2) is 0 Å². The topological polar surface area (TPSA) is 40.6 Å². The third-order valence-corrected chi connectivity index (χ3v) is 2.11. The van der Waals surface area contributed by atoms with E-state index in [0.29, 0.717) is 18.7 Å². The fourth-order valence-electron chi connectivity index (χ4n) is 1.20. The highest BCUT2D eigenvalue weighted by Crippen LogP contribution is 2.04. The number of likely N-dealkylation sites (N-methyl/N-ethyl adjacent to an activating group) is 1. The second kappa shape index (κ2) is 3.60. The van der Waals surface area contributed by atoms with Crippen molar-refractivity contribution < 1.29 is 9.59 Å². The zero-order valence-corrected chi connectivity index (χ0v) is 8.04. The maximum atomic E-state index is 11.4. The molecule has 0 atom stereocenters. The molecule has 0 aromatic rings.